The summed E-state index contributed by atoms with van der Waals surface area (Å²) in [5.74, 6) is 0. The fourth-order valence-electron chi connectivity index (χ4n) is 1.94. The molecular weight excluding hydrogens is 255 g/mol. The van der Waals surface area contributed by atoms with Crippen molar-refractivity contribution in [3.05, 3.63) is 58.4 Å². The number of benzene rings is 1. The normalized spacial score (nSPS) is 11.6. The Labute approximate surface area is 108 Å². The van der Waals surface area contributed by atoms with E-state index in [0.717, 1.165) is 6.07 Å². The Hall–Kier alpha value is -2.04. The summed E-state index contributed by atoms with van der Waals surface area (Å²) in [6.07, 6.45) is -4.47. The maximum Gasteiger partial charge on any atom is 0.417 e. The monoisotopic (exact) mass is 267 g/mol. The second kappa shape index (κ2) is 4.57. The SMILES string of the molecule is Cc1c(C(F)(F)F)cc(-c2ccccc2)[n+]([O-])c1C. The van der Waals surface area contributed by atoms with Crippen LogP contribution in [0.25, 0.3) is 11.3 Å². The zero-order valence-electron chi connectivity index (χ0n) is 10.5. The zero-order chi connectivity index (χ0) is 14.2. The maximum atomic E-state index is 12.9. The second-order valence-electron chi connectivity index (χ2n) is 4.31. The lowest BCUT2D eigenvalue weighted by atomic mass is 10.0. The maximum absolute atomic E-state index is 12.9. The number of hydrogen-bond acceptors (Lipinski definition) is 1. The van der Waals surface area contributed by atoms with Crippen molar-refractivity contribution in [1.29, 1.82) is 0 Å². The van der Waals surface area contributed by atoms with E-state index in [2.05, 4.69) is 0 Å². The Kier molecular flexibility index (Phi) is 3.22. The van der Waals surface area contributed by atoms with Gasteiger partial charge < -0.3 is 5.21 Å². The van der Waals surface area contributed by atoms with E-state index in [4.69, 9.17) is 0 Å². The molecule has 0 saturated heterocycles. The first-order chi connectivity index (χ1) is 8.82. The summed E-state index contributed by atoms with van der Waals surface area (Å²) in [6.45, 7) is 2.70. The Bertz CT molecular complexity index is 606. The molecule has 0 bridgehead atoms. The van der Waals surface area contributed by atoms with Crippen molar-refractivity contribution in [2.45, 2.75) is 20.0 Å². The van der Waals surface area contributed by atoms with Gasteiger partial charge in [0.2, 0.25) is 5.69 Å². The van der Waals surface area contributed by atoms with Gasteiger partial charge in [0.05, 0.1) is 5.56 Å². The predicted octanol–water partition coefficient (Wildman–Crippen LogP) is 3.62. The van der Waals surface area contributed by atoms with Crippen molar-refractivity contribution in [2.75, 3.05) is 0 Å². The number of aromatic nitrogens is 1. The molecule has 0 amide bonds. The summed E-state index contributed by atoms with van der Waals surface area (Å²) in [7, 11) is 0. The Morgan fingerprint density at radius 2 is 1.63 bits per heavy atom. The third kappa shape index (κ3) is 2.41. The van der Waals surface area contributed by atoms with Crippen LogP contribution in [0, 0.1) is 19.1 Å². The van der Waals surface area contributed by atoms with Gasteiger partial charge in [-0.1, -0.05) is 18.2 Å². The molecule has 19 heavy (non-hydrogen) atoms. The summed E-state index contributed by atoms with van der Waals surface area (Å²) in [5, 5.41) is 12.0. The minimum atomic E-state index is -4.47. The van der Waals surface area contributed by atoms with Gasteiger partial charge >= 0.3 is 6.18 Å². The lowest BCUT2D eigenvalue weighted by molar-refractivity contribution is -0.601. The predicted molar refractivity (Wildman–Crippen MR) is 65.3 cm³/mol. The fraction of sp³-hybridized carbons (Fsp3) is 0.214. The van der Waals surface area contributed by atoms with Crippen molar-refractivity contribution in [3.8, 4) is 11.3 Å². The number of rotatable bonds is 1. The smallest absolute Gasteiger partial charge is 0.417 e. The van der Waals surface area contributed by atoms with Crippen molar-refractivity contribution in [2.24, 2.45) is 0 Å². The molecular formula is C14H12F3NO. The highest BCUT2D eigenvalue weighted by Gasteiger charge is 2.36. The Balaban J connectivity index is 2.73. The van der Waals surface area contributed by atoms with Crippen molar-refractivity contribution < 1.29 is 17.9 Å². The molecule has 0 aliphatic rings. The highest BCUT2D eigenvalue weighted by atomic mass is 19.4. The van der Waals surface area contributed by atoms with Gasteiger partial charge in [0.25, 0.3) is 0 Å². The molecule has 0 radical (unpaired) electrons. The lowest BCUT2D eigenvalue weighted by Crippen LogP contribution is -2.35. The van der Waals surface area contributed by atoms with Crippen LogP contribution in [-0.4, -0.2) is 0 Å². The molecule has 100 valence electrons. The highest BCUT2D eigenvalue weighted by Crippen LogP contribution is 2.34. The van der Waals surface area contributed by atoms with Gasteiger partial charge in [0, 0.05) is 24.1 Å². The van der Waals surface area contributed by atoms with E-state index in [9.17, 15) is 18.4 Å². The van der Waals surface area contributed by atoms with Gasteiger partial charge in [-0.05, 0) is 19.1 Å². The van der Waals surface area contributed by atoms with Crippen LogP contribution in [0.4, 0.5) is 13.2 Å². The molecule has 1 heterocycles. The molecule has 0 N–H and O–H groups in total. The quantitative estimate of drug-likeness (QED) is 0.572. The van der Waals surface area contributed by atoms with Gasteiger partial charge in [-0.2, -0.15) is 17.9 Å². The molecule has 0 aliphatic carbocycles. The number of alkyl halides is 3. The summed E-state index contributed by atoms with van der Waals surface area (Å²) < 4.78 is 39.4. The highest BCUT2D eigenvalue weighted by molar-refractivity contribution is 5.58. The lowest BCUT2D eigenvalue weighted by Gasteiger charge is -2.15. The van der Waals surface area contributed by atoms with Crippen molar-refractivity contribution >= 4 is 0 Å². The number of pyridine rings is 1. The van der Waals surface area contributed by atoms with Crippen LogP contribution in [0.3, 0.4) is 0 Å². The van der Waals surface area contributed by atoms with E-state index < -0.39 is 11.7 Å². The van der Waals surface area contributed by atoms with Crippen molar-refractivity contribution in [3.63, 3.8) is 0 Å². The van der Waals surface area contributed by atoms with E-state index in [1.165, 1.54) is 13.8 Å². The molecule has 0 atom stereocenters. The third-order valence-electron chi connectivity index (χ3n) is 3.13. The first kappa shape index (κ1) is 13.4. The summed E-state index contributed by atoms with van der Waals surface area (Å²) >= 11 is 0. The van der Waals surface area contributed by atoms with Gasteiger partial charge in [0.15, 0.2) is 5.69 Å². The van der Waals surface area contributed by atoms with Crippen molar-refractivity contribution in [1.82, 2.24) is 0 Å². The number of halogens is 3. The molecule has 1 aromatic heterocycles. The second-order valence-corrected chi connectivity index (χ2v) is 4.31. The number of hydrogen-bond donors (Lipinski definition) is 0. The average molecular weight is 267 g/mol. The zero-order valence-corrected chi connectivity index (χ0v) is 10.5. The van der Waals surface area contributed by atoms with Gasteiger partial charge in [0.1, 0.15) is 0 Å². The van der Waals surface area contributed by atoms with Crippen LogP contribution >= 0.6 is 0 Å². The van der Waals surface area contributed by atoms with Crippen LogP contribution < -0.4 is 4.73 Å². The topological polar surface area (TPSA) is 26.9 Å². The molecule has 0 spiro atoms. The first-order valence-electron chi connectivity index (χ1n) is 5.68. The van der Waals surface area contributed by atoms with Gasteiger partial charge in [-0.25, -0.2) is 0 Å². The first-order valence-corrected chi connectivity index (χ1v) is 5.68. The van der Waals surface area contributed by atoms with Gasteiger partial charge in [-0.3, -0.25) is 0 Å². The summed E-state index contributed by atoms with van der Waals surface area (Å²) in [6, 6.07) is 9.22. The molecule has 2 rings (SSSR count). The molecule has 5 heteroatoms. The standard InChI is InChI=1S/C14H12F3NO/c1-9-10(2)18(19)13(8-12(9)14(15,16)17)11-6-4-3-5-7-11/h3-8H,1-2H3. The van der Waals surface area contributed by atoms with E-state index in [1.54, 1.807) is 30.3 Å². The molecule has 2 nitrogen and oxygen atoms in total. The molecule has 0 unspecified atom stereocenters. The van der Waals surface area contributed by atoms with E-state index in [-0.39, 0.29) is 17.0 Å². The molecule has 2 aromatic rings. The van der Waals surface area contributed by atoms with E-state index in [0.29, 0.717) is 10.3 Å². The van der Waals surface area contributed by atoms with Gasteiger partial charge in [-0.15, -0.1) is 0 Å². The van der Waals surface area contributed by atoms with Crippen LogP contribution in [0.2, 0.25) is 0 Å². The van der Waals surface area contributed by atoms with Crippen LogP contribution in [0.15, 0.2) is 36.4 Å². The summed E-state index contributed by atoms with van der Waals surface area (Å²) in [5.41, 5.74) is -0.270. The fourth-order valence-corrected chi connectivity index (χ4v) is 1.94. The number of nitrogens with zero attached hydrogens (tertiary/aromatic N) is 1. The Morgan fingerprint density at radius 1 is 1.05 bits per heavy atom. The Morgan fingerprint density at radius 3 is 2.16 bits per heavy atom. The molecule has 0 aliphatic heterocycles. The third-order valence-corrected chi connectivity index (χ3v) is 3.13. The minimum absolute atomic E-state index is 0.0102. The largest absolute Gasteiger partial charge is 0.618 e. The van der Waals surface area contributed by atoms with Crippen LogP contribution in [-0.2, 0) is 6.18 Å². The molecule has 0 saturated carbocycles. The van der Waals surface area contributed by atoms with Crippen LogP contribution in [0.5, 0.6) is 0 Å². The average Bonchev–Trinajstić information content (AvgIpc) is 2.36. The van der Waals surface area contributed by atoms with E-state index >= 15 is 0 Å². The summed E-state index contributed by atoms with van der Waals surface area (Å²) in [4.78, 5) is 0. The van der Waals surface area contributed by atoms with E-state index in [1.807, 2.05) is 0 Å². The minimum Gasteiger partial charge on any atom is -0.618 e. The molecule has 1 aromatic carbocycles. The van der Waals surface area contributed by atoms with Crippen LogP contribution in [0.1, 0.15) is 16.8 Å². The molecule has 0 fully saturated rings.